The Labute approximate surface area is 229 Å². The van der Waals surface area contributed by atoms with Gasteiger partial charge >= 0.3 is 6.09 Å². The predicted molar refractivity (Wildman–Crippen MR) is 153 cm³/mol. The number of fused-ring (bicyclic) bond motifs is 1. The number of nitrogens with zero attached hydrogens (tertiary/aromatic N) is 5. The number of hydrogen-bond donors (Lipinski definition) is 1. The van der Waals surface area contributed by atoms with Crippen LogP contribution in [0.2, 0.25) is 0 Å². The van der Waals surface area contributed by atoms with Gasteiger partial charge in [-0.05, 0) is 76.6 Å². The van der Waals surface area contributed by atoms with Crippen molar-refractivity contribution >= 4 is 23.5 Å². The van der Waals surface area contributed by atoms with Gasteiger partial charge in [0, 0.05) is 55.6 Å². The number of ether oxygens (including phenoxy) is 1. The molecule has 2 aromatic heterocycles. The van der Waals surface area contributed by atoms with Gasteiger partial charge in [0.05, 0.1) is 17.1 Å². The highest BCUT2D eigenvalue weighted by molar-refractivity contribution is 6.05. The number of aromatic nitrogens is 2. The van der Waals surface area contributed by atoms with Gasteiger partial charge < -0.3 is 20.3 Å². The normalized spacial score (nSPS) is 16.3. The minimum absolute atomic E-state index is 0.265. The number of hydrogen-bond acceptors (Lipinski definition) is 8. The first-order chi connectivity index (χ1) is 18.5. The Morgan fingerprint density at radius 2 is 1.72 bits per heavy atom. The third-order valence-corrected chi connectivity index (χ3v) is 7.23. The Kier molecular flexibility index (Phi) is 7.03. The van der Waals surface area contributed by atoms with E-state index in [1.54, 1.807) is 33.0 Å². The molecule has 9 heteroatoms. The van der Waals surface area contributed by atoms with Crippen LogP contribution in [0.3, 0.4) is 0 Å². The van der Waals surface area contributed by atoms with Crippen molar-refractivity contribution in [3.8, 4) is 22.4 Å². The van der Waals surface area contributed by atoms with Crippen LogP contribution in [-0.2, 0) is 11.2 Å². The number of amides is 2. The summed E-state index contributed by atoms with van der Waals surface area (Å²) >= 11 is 0. The number of likely N-dealkylation sites (N-methyl/N-ethyl adjacent to an activating group) is 1. The Balaban J connectivity index is 1.40. The summed E-state index contributed by atoms with van der Waals surface area (Å²) in [7, 11) is 2.15. The molecule has 1 saturated heterocycles. The van der Waals surface area contributed by atoms with Crippen LogP contribution in [0.15, 0.2) is 42.6 Å². The van der Waals surface area contributed by atoms with Gasteiger partial charge in [-0.3, -0.25) is 9.78 Å². The molecule has 1 fully saturated rings. The van der Waals surface area contributed by atoms with Crippen molar-refractivity contribution in [1.82, 2.24) is 19.8 Å². The average Bonchev–Trinajstić information content (AvgIpc) is 2.88. The van der Waals surface area contributed by atoms with Gasteiger partial charge in [-0.1, -0.05) is 12.1 Å². The summed E-state index contributed by atoms with van der Waals surface area (Å²) < 4.78 is 5.41. The first-order valence-electron chi connectivity index (χ1n) is 13.4. The maximum atomic E-state index is 13.1. The molecule has 3 aromatic rings. The van der Waals surface area contributed by atoms with Crippen LogP contribution in [0.1, 0.15) is 42.4 Å². The summed E-state index contributed by atoms with van der Waals surface area (Å²) in [5.41, 5.74) is 12.5. The maximum absolute atomic E-state index is 13.1. The summed E-state index contributed by atoms with van der Waals surface area (Å²) in [6.07, 6.45) is 1.66. The molecule has 2 aliphatic heterocycles. The van der Waals surface area contributed by atoms with Crippen LogP contribution in [0.25, 0.3) is 22.4 Å². The number of carbonyl (C=O) groups is 2. The summed E-state index contributed by atoms with van der Waals surface area (Å²) in [6, 6.07) is 11.7. The zero-order valence-electron chi connectivity index (χ0n) is 23.3. The molecule has 204 valence electrons. The molecule has 0 unspecified atom stereocenters. The number of aryl methyl sites for hydroxylation is 1. The highest BCUT2D eigenvalue weighted by Gasteiger charge is 2.32. The van der Waals surface area contributed by atoms with E-state index in [4.69, 9.17) is 15.5 Å². The van der Waals surface area contributed by atoms with E-state index in [9.17, 15) is 9.59 Å². The number of pyridine rings is 2. The van der Waals surface area contributed by atoms with Crippen LogP contribution in [0.4, 0.5) is 16.3 Å². The molecule has 2 amide bonds. The zero-order chi connectivity index (χ0) is 27.9. The largest absolute Gasteiger partial charge is 0.443 e. The van der Waals surface area contributed by atoms with Gasteiger partial charge in [0.1, 0.15) is 11.4 Å². The van der Waals surface area contributed by atoms with Crippen molar-refractivity contribution in [2.45, 2.75) is 39.7 Å². The average molecular weight is 529 g/mol. The smallest absolute Gasteiger partial charge is 0.417 e. The summed E-state index contributed by atoms with van der Waals surface area (Å²) in [6.45, 7) is 11.7. The van der Waals surface area contributed by atoms with Gasteiger partial charge in [0.2, 0.25) is 0 Å². The van der Waals surface area contributed by atoms with Crippen molar-refractivity contribution in [3.63, 3.8) is 0 Å². The predicted octanol–water partition coefficient (Wildman–Crippen LogP) is 4.39. The molecule has 0 atom stereocenters. The Hall–Kier alpha value is -3.98. The first-order valence-corrected chi connectivity index (χ1v) is 13.4. The lowest BCUT2D eigenvalue weighted by Crippen LogP contribution is -2.44. The van der Waals surface area contributed by atoms with E-state index in [2.05, 4.69) is 27.9 Å². The Bertz CT molecular complexity index is 1420. The lowest BCUT2D eigenvalue weighted by atomic mass is 9.93. The van der Waals surface area contributed by atoms with Gasteiger partial charge in [-0.15, -0.1) is 0 Å². The molecular formula is C30H36N6O3. The fraction of sp³-hybridized carbons (Fsp3) is 0.400. The van der Waals surface area contributed by atoms with Gasteiger partial charge in [-0.2, -0.15) is 0 Å². The van der Waals surface area contributed by atoms with Crippen molar-refractivity contribution in [1.29, 1.82) is 0 Å². The van der Waals surface area contributed by atoms with Crippen molar-refractivity contribution in [3.05, 3.63) is 59.4 Å². The molecule has 0 bridgehead atoms. The third kappa shape index (κ3) is 5.59. The quantitative estimate of drug-likeness (QED) is 0.534. The van der Waals surface area contributed by atoms with E-state index >= 15 is 0 Å². The van der Waals surface area contributed by atoms with Crippen molar-refractivity contribution < 1.29 is 14.3 Å². The number of carbonyl (C=O) groups excluding carboxylic acids is 2. The van der Waals surface area contributed by atoms with Crippen LogP contribution in [-0.4, -0.2) is 77.1 Å². The van der Waals surface area contributed by atoms with Crippen LogP contribution >= 0.6 is 0 Å². The zero-order valence-corrected chi connectivity index (χ0v) is 23.3. The molecule has 9 nitrogen and oxygen atoms in total. The summed E-state index contributed by atoms with van der Waals surface area (Å²) in [5.74, 6) is 0.0546. The second-order valence-corrected chi connectivity index (χ2v) is 11.3. The van der Waals surface area contributed by atoms with Gasteiger partial charge in [-0.25, -0.2) is 14.7 Å². The fourth-order valence-electron chi connectivity index (χ4n) is 5.09. The first kappa shape index (κ1) is 26.6. The van der Waals surface area contributed by atoms with Crippen LogP contribution in [0, 0.1) is 6.92 Å². The SMILES string of the molecule is Cc1nc(-c2cnc(N)c(-c3ccc4c(c3)CCN(C(=O)OC(C)(C)C)C4=O)c2)ccc1N1CCN(C)CC1. The Morgan fingerprint density at radius 1 is 0.974 bits per heavy atom. The molecule has 0 saturated carbocycles. The number of anilines is 2. The molecule has 0 spiro atoms. The minimum atomic E-state index is -0.671. The second-order valence-electron chi connectivity index (χ2n) is 11.3. The molecule has 2 N–H and O–H groups in total. The van der Waals surface area contributed by atoms with E-state index in [0.717, 1.165) is 65.5 Å². The maximum Gasteiger partial charge on any atom is 0.417 e. The third-order valence-electron chi connectivity index (χ3n) is 7.23. The van der Waals surface area contributed by atoms with E-state index in [1.807, 2.05) is 31.2 Å². The molecule has 4 heterocycles. The molecule has 0 radical (unpaired) electrons. The number of nitrogens with two attached hydrogens (primary N) is 1. The van der Waals surface area contributed by atoms with Gasteiger partial charge in [0.25, 0.3) is 5.91 Å². The molecule has 5 rings (SSSR count). The monoisotopic (exact) mass is 528 g/mol. The fourth-order valence-corrected chi connectivity index (χ4v) is 5.09. The van der Waals surface area contributed by atoms with Crippen LogP contribution < -0.4 is 10.6 Å². The van der Waals surface area contributed by atoms with Crippen LogP contribution in [0.5, 0.6) is 0 Å². The number of nitrogen functional groups attached to an aromatic ring is 1. The van der Waals surface area contributed by atoms with Crippen molar-refractivity contribution in [2.24, 2.45) is 0 Å². The number of piperazine rings is 1. The molecule has 0 aliphatic carbocycles. The number of rotatable bonds is 3. The topological polar surface area (TPSA) is 105 Å². The number of imide groups is 1. The van der Waals surface area contributed by atoms with E-state index < -0.39 is 11.7 Å². The van der Waals surface area contributed by atoms with E-state index in [0.29, 0.717) is 17.8 Å². The van der Waals surface area contributed by atoms with E-state index in [1.165, 1.54) is 4.90 Å². The molecule has 2 aliphatic rings. The van der Waals surface area contributed by atoms with Gasteiger partial charge in [0.15, 0.2) is 0 Å². The standard InChI is InChI=1S/C30H36N6O3/c1-19-26(35-14-12-34(5)13-15-35)9-8-25(33-19)22-17-24(27(31)32-18-22)20-6-7-23-21(16-20)10-11-36(28(23)37)29(38)39-30(2,3)4/h6-9,16-18H,10-15H2,1-5H3,(H2,31,32). The van der Waals surface area contributed by atoms with E-state index in [-0.39, 0.29) is 12.5 Å². The lowest BCUT2D eigenvalue weighted by molar-refractivity contribution is 0.0233. The Morgan fingerprint density at radius 3 is 2.41 bits per heavy atom. The van der Waals surface area contributed by atoms with Crippen molar-refractivity contribution in [2.75, 3.05) is 50.4 Å². The molecule has 39 heavy (non-hydrogen) atoms. The highest BCUT2D eigenvalue weighted by Crippen LogP contribution is 2.33. The second kappa shape index (κ2) is 10.3. The minimum Gasteiger partial charge on any atom is -0.443 e. The summed E-state index contributed by atoms with van der Waals surface area (Å²) in [5, 5.41) is 0. The lowest BCUT2D eigenvalue weighted by Gasteiger charge is -2.34. The molecule has 1 aromatic carbocycles. The molecular weight excluding hydrogens is 492 g/mol. The summed E-state index contributed by atoms with van der Waals surface area (Å²) in [4.78, 5) is 40.9. The number of benzene rings is 1. The highest BCUT2D eigenvalue weighted by atomic mass is 16.6.